The molecule has 0 spiro atoms. The summed E-state index contributed by atoms with van der Waals surface area (Å²) in [4.78, 5) is 14.1. The van der Waals surface area contributed by atoms with Gasteiger partial charge in [-0.25, -0.2) is 0 Å². The molecule has 2 aliphatic heterocycles. The highest BCUT2D eigenvalue weighted by Crippen LogP contribution is 2.44. The molecule has 2 N–H and O–H groups in total. The van der Waals surface area contributed by atoms with E-state index in [0.717, 1.165) is 35.4 Å². The SMILES string of the molecule is C[C@@H]1CCc2c(sc3c2C(=O)N[C@@H](c2cc4c(cc2Cl)OCO4)N3)C1. The van der Waals surface area contributed by atoms with Gasteiger partial charge in [-0.05, 0) is 36.8 Å². The van der Waals surface area contributed by atoms with Crippen molar-refractivity contribution in [3.05, 3.63) is 38.7 Å². The zero-order valence-electron chi connectivity index (χ0n) is 13.6. The predicted octanol–water partition coefficient (Wildman–Crippen LogP) is 4.11. The molecule has 0 radical (unpaired) electrons. The number of carbonyl (C=O) groups is 1. The molecule has 2 atom stereocenters. The molecular weight excluding hydrogens is 360 g/mol. The summed E-state index contributed by atoms with van der Waals surface area (Å²) in [5.41, 5.74) is 2.82. The zero-order chi connectivity index (χ0) is 17.1. The van der Waals surface area contributed by atoms with Crippen LogP contribution in [0.3, 0.4) is 0 Å². The number of hydrogen-bond acceptors (Lipinski definition) is 5. The smallest absolute Gasteiger partial charge is 0.256 e. The minimum Gasteiger partial charge on any atom is -0.454 e. The van der Waals surface area contributed by atoms with Crippen LogP contribution in [0.5, 0.6) is 11.5 Å². The standard InChI is InChI=1S/C18H17ClN2O3S/c1-8-2-3-9-14(4-8)25-18-15(9)17(22)20-16(21-18)10-5-12-13(6-11(10)19)24-7-23-12/h5-6,8,16,21H,2-4,7H2,1H3,(H,20,22)/t8-,16-/m1/s1. The predicted molar refractivity (Wildman–Crippen MR) is 96.9 cm³/mol. The van der Waals surface area contributed by atoms with Crippen molar-refractivity contribution in [3.8, 4) is 11.5 Å². The van der Waals surface area contributed by atoms with Crippen LogP contribution in [0, 0.1) is 5.92 Å². The molecule has 0 fully saturated rings. The maximum absolute atomic E-state index is 12.8. The van der Waals surface area contributed by atoms with E-state index < -0.39 is 0 Å². The number of anilines is 1. The normalized spacial score (nSPS) is 23.5. The van der Waals surface area contributed by atoms with Gasteiger partial charge in [-0.3, -0.25) is 4.79 Å². The molecule has 25 heavy (non-hydrogen) atoms. The Morgan fingerprint density at radius 2 is 2.04 bits per heavy atom. The Hall–Kier alpha value is -1.92. The molecule has 1 amide bonds. The van der Waals surface area contributed by atoms with Gasteiger partial charge in [0.15, 0.2) is 11.5 Å². The summed E-state index contributed by atoms with van der Waals surface area (Å²) < 4.78 is 10.8. The summed E-state index contributed by atoms with van der Waals surface area (Å²) >= 11 is 8.12. The van der Waals surface area contributed by atoms with Gasteiger partial charge in [0.05, 0.1) is 10.6 Å². The number of amides is 1. The number of ether oxygens (including phenoxy) is 2. The Balaban J connectivity index is 1.52. The molecule has 0 saturated carbocycles. The van der Waals surface area contributed by atoms with Crippen LogP contribution in [-0.2, 0) is 12.8 Å². The lowest BCUT2D eigenvalue weighted by Crippen LogP contribution is -2.38. The lowest BCUT2D eigenvalue weighted by atomic mass is 9.88. The molecular formula is C18H17ClN2O3S. The van der Waals surface area contributed by atoms with Crippen LogP contribution in [0.25, 0.3) is 0 Å². The Labute approximate surface area is 154 Å². The molecule has 3 heterocycles. The van der Waals surface area contributed by atoms with E-state index >= 15 is 0 Å². The summed E-state index contributed by atoms with van der Waals surface area (Å²) in [6.45, 7) is 2.46. The Kier molecular flexibility index (Phi) is 3.40. The van der Waals surface area contributed by atoms with E-state index in [9.17, 15) is 4.79 Å². The lowest BCUT2D eigenvalue weighted by molar-refractivity contribution is 0.0935. The Bertz CT molecular complexity index is 895. The molecule has 5 nitrogen and oxygen atoms in total. The number of rotatable bonds is 1. The molecule has 2 aromatic rings. The van der Waals surface area contributed by atoms with Gasteiger partial charge in [0.2, 0.25) is 6.79 Å². The van der Waals surface area contributed by atoms with Crippen LogP contribution in [0.4, 0.5) is 5.00 Å². The number of fused-ring (bicyclic) bond motifs is 4. The van der Waals surface area contributed by atoms with E-state index in [0.29, 0.717) is 22.4 Å². The minimum absolute atomic E-state index is 0.0282. The van der Waals surface area contributed by atoms with Crippen LogP contribution in [0.15, 0.2) is 12.1 Å². The van der Waals surface area contributed by atoms with Crippen LogP contribution >= 0.6 is 22.9 Å². The van der Waals surface area contributed by atoms with Gasteiger partial charge in [-0.2, -0.15) is 0 Å². The second kappa shape index (κ2) is 5.54. The summed E-state index contributed by atoms with van der Waals surface area (Å²) in [7, 11) is 0. The Morgan fingerprint density at radius 3 is 2.88 bits per heavy atom. The second-order valence-electron chi connectivity index (χ2n) is 6.83. The molecule has 1 aliphatic carbocycles. The van der Waals surface area contributed by atoms with Crippen molar-refractivity contribution in [1.82, 2.24) is 5.32 Å². The summed E-state index contributed by atoms with van der Waals surface area (Å²) in [6.07, 6.45) is 2.80. The van der Waals surface area contributed by atoms with Crippen molar-refractivity contribution >= 4 is 33.8 Å². The van der Waals surface area contributed by atoms with Crippen LogP contribution in [0.1, 0.15) is 45.9 Å². The van der Waals surface area contributed by atoms with E-state index in [1.165, 1.54) is 10.4 Å². The van der Waals surface area contributed by atoms with Crippen molar-refractivity contribution in [2.24, 2.45) is 5.92 Å². The van der Waals surface area contributed by atoms with Crippen molar-refractivity contribution < 1.29 is 14.3 Å². The number of thiophene rings is 1. The molecule has 0 unspecified atom stereocenters. The largest absolute Gasteiger partial charge is 0.454 e. The van der Waals surface area contributed by atoms with Gasteiger partial charge in [-0.1, -0.05) is 18.5 Å². The number of halogens is 1. The monoisotopic (exact) mass is 376 g/mol. The van der Waals surface area contributed by atoms with E-state index in [-0.39, 0.29) is 18.9 Å². The van der Waals surface area contributed by atoms with Crippen molar-refractivity contribution in [3.63, 3.8) is 0 Å². The second-order valence-corrected chi connectivity index (χ2v) is 8.35. The first-order valence-corrected chi connectivity index (χ1v) is 9.60. The van der Waals surface area contributed by atoms with Gasteiger partial charge in [-0.15, -0.1) is 11.3 Å². The third kappa shape index (κ3) is 2.39. The van der Waals surface area contributed by atoms with Gasteiger partial charge in [0.25, 0.3) is 5.91 Å². The van der Waals surface area contributed by atoms with Gasteiger partial charge in [0.1, 0.15) is 11.2 Å². The van der Waals surface area contributed by atoms with Crippen LogP contribution in [-0.4, -0.2) is 12.7 Å². The van der Waals surface area contributed by atoms with Crippen molar-refractivity contribution in [1.29, 1.82) is 0 Å². The van der Waals surface area contributed by atoms with Crippen LogP contribution < -0.4 is 20.1 Å². The average molecular weight is 377 g/mol. The van der Waals surface area contributed by atoms with Crippen molar-refractivity contribution in [2.75, 3.05) is 12.1 Å². The third-order valence-corrected chi connectivity index (χ3v) is 6.61. The first-order chi connectivity index (χ1) is 12.1. The third-order valence-electron chi connectivity index (χ3n) is 5.09. The highest BCUT2D eigenvalue weighted by Gasteiger charge is 2.34. The molecule has 0 bridgehead atoms. The fourth-order valence-corrected chi connectivity index (χ4v) is 5.47. The first kappa shape index (κ1) is 15.3. The quantitative estimate of drug-likeness (QED) is 0.786. The Morgan fingerprint density at radius 1 is 1.24 bits per heavy atom. The van der Waals surface area contributed by atoms with E-state index in [1.807, 2.05) is 6.07 Å². The highest BCUT2D eigenvalue weighted by molar-refractivity contribution is 7.16. The number of hydrogen-bond donors (Lipinski definition) is 2. The summed E-state index contributed by atoms with van der Waals surface area (Å²) in [5.74, 6) is 1.94. The number of benzene rings is 1. The number of nitrogens with one attached hydrogen (secondary N) is 2. The van der Waals surface area contributed by atoms with Crippen molar-refractivity contribution in [2.45, 2.75) is 32.4 Å². The molecule has 1 aromatic carbocycles. The van der Waals surface area contributed by atoms with Gasteiger partial charge < -0.3 is 20.1 Å². The fraction of sp³-hybridized carbons (Fsp3) is 0.389. The summed E-state index contributed by atoms with van der Waals surface area (Å²) in [6, 6.07) is 3.58. The van der Waals surface area contributed by atoms with E-state index in [4.69, 9.17) is 21.1 Å². The topological polar surface area (TPSA) is 59.6 Å². The fourth-order valence-electron chi connectivity index (χ4n) is 3.77. The zero-order valence-corrected chi connectivity index (χ0v) is 15.2. The summed E-state index contributed by atoms with van der Waals surface area (Å²) in [5, 5.41) is 7.99. The maximum Gasteiger partial charge on any atom is 0.256 e. The maximum atomic E-state index is 12.8. The first-order valence-electron chi connectivity index (χ1n) is 8.41. The molecule has 0 saturated heterocycles. The average Bonchev–Trinajstić information content (AvgIpc) is 3.16. The lowest BCUT2D eigenvalue weighted by Gasteiger charge is -2.27. The molecule has 130 valence electrons. The molecule has 3 aliphatic rings. The van der Waals surface area contributed by atoms with Gasteiger partial charge in [0, 0.05) is 16.5 Å². The molecule has 5 rings (SSSR count). The number of carbonyl (C=O) groups excluding carboxylic acids is 1. The van der Waals surface area contributed by atoms with E-state index in [2.05, 4.69) is 17.6 Å². The molecule has 7 heteroatoms. The van der Waals surface area contributed by atoms with Gasteiger partial charge >= 0.3 is 0 Å². The minimum atomic E-state index is -0.375. The highest BCUT2D eigenvalue weighted by atomic mass is 35.5. The molecule has 1 aromatic heterocycles. The van der Waals surface area contributed by atoms with Crippen LogP contribution in [0.2, 0.25) is 5.02 Å². The van der Waals surface area contributed by atoms with E-state index in [1.54, 1.807) is 17.4 Å².